The van der Waals surface area contributed by atoms with E-state index < -0.39 is 17.6 Å². The van der Waals surface area contributed by atoms with Gasteiger partial charge < -0.3 is 20.9 Å². The van der Waals surface area contributed by atoms with Gasteiger partial charge in [-0.05, 0) is 93.1 Å². The number of fused-ring (bicyclic) bond motifs is 6. The van der Waals surface area contributed by atoms with E-state index >= 15 is 0 Å². The second-order valence-corrected chi connectivity index (χ2v) is 12.3. The van der Waals surface area contributed by atoms with Gasteiger partial charge in [-0.25, -0.2) is 9.50 Å². The van der Waals surface area contributed by atoms with Crippen LogP contribution in [0.15, 0.2) is 48.7 Å². The summed E-state index contributed by atoms with van der Waals surface area (Å²) in [6, 6.07) is 10.2. The lowest BCUT2D eigenvalue weighted by Gasteiger charge is -2.34. The number of anilines is 3. The molecule has 244 valence electrons. The molecule has 0 radical (unpaired) electrons. The number of amides is 2. The lowest BCUT2D eigenvalue weighted by Crippen LogP contribution is -2.46. The van der Waals surface area contributed by atoms with Gasteiger partial charge in [0, 0.05) is 53.1 Å². The van der Waals surface area contributed by atoms with Crippen LogP contribution in [0, 0.1) is 18.8 Å². The van der Waals surface area contributed by atoms with E-state index in [2.05, 4.69) is 37.7 Å². The Bertz CT molecular complexity index is 1900. The van der Waals surface area contributed by atoms with Gasteiger partial charge in [-0.3, -0.25) is 9.59 Å². The van der Waals surface area contributed by atoms with Crippen LogP contribution in [0.25, 0.3) is 5.65 Å². The number of rotatable bonds is 2. The molecule has 4 heterocycles. The van der Waals surface area contributed by atoms with Crippen molar-refractivity contribution in [3.05, 3.63) is 81.6 Å². The number of halogens is 4. The zero-order chi connectivity index (χ0) is 33.1. The molecule has 6 rings (SSSR count). The van der Waals surface area contributed by atoms with Gasteiger partial charge >= 0.3 is 6.18 Å². The van der Waals surface area contributed by atoms with Crippen LogP contribution in [-0.4, -0.2) is 52.1 Å². The highest BCUT2D eigenvalue weighted by Gasteiger charge is 2.31. The Hall–Kier alpha value is -4.60. The van der Waals surface area contributed by atoms with Crippen LogP contribution in [0.4, 0.5) is 30.4 Å². The van der Waals surface area contributed by atoms with Crippen LogP contribution in [0.5, 0.6) is 0 Å². The van der Waals surface area contributed by atoms with Gasteiger partial charge in [0.1, 0.15) is 11.5 Å². The molecule has 1 fully saturated rings. The molecule has 2 aromatic carbocycles. The average molecular weight is 664 g/mol. The first-order chi connectivity index (χ1) is 22.5. The van der Waals surface area contributed by atoms with Crippen molar-refractivity contribution in [3.63, 3.8) is 0 Å². The number of aromatic nitrogens is 3. The lowest BCUT2D eigenvalue weighted by molar-refractivity contribution is -0.137. The van der Waals surface area contributed by atoms with Crippen LogP contribution >= 0.6 is 11.6 Å². The standard InChI is InChI=1S/C34H33ClF3N7O2/c1-21-22-8-9-28-19-40-30-10-11-31(43-45(28)30)44-13-5-6-25(20-44)39-12-4-2-3-7-32(46)41-26(14-22)18-29(21)33(47)42-27-16-23(34(36,37)38)15-24(35)17-27/h10-11,14-19,25,39H,2-7,12-13,20H2,1H3,(H,41,46)(H,42,47)/t25-/m0/s1. The maximum atomic E-state index is 13.5. The van der Waals surface area contributed by atoms with Crippen LogP contribution < -0.4 is 20.9 Å². The van der Waals surface area contributed by atoms with Crippen molar-refractivity contribution in [2.24, 2.45) is 0 Å². The van der Waals surface area contributed by atoms with Crippen molar-refractivity contribution in [3.8, 4) is 11.8 Å². The number of nitrogens with one attached hydrogen (secondary N) is 3. The van der Waals surface area contributed by atoms with E-state index in [1.54, 1.807) is 23.7 Å². The quantitative estimate of drug-likeness (QED) is 0.214. The summed E-state index contributed by atoms with van der Waals surface area (Å²) < 4.78 is 41.9. The normalized spacial score (nSPS) is 17.5. The number of nitrogens with zero attached hydrogens (tertiary/aromatic N) is 4. The van der Waals surface area contributed by atoms with Crippen molar-refractivity contribution in [1.29, 1.82) is 0 Å². The minimum Gasteiger partial charge on any atom is -0.354 e. The number of benzene rings is 2. The number of piperidine rings is 1. The van der Waals surface area contributed by atoms with E-state index in [9.17, 15) is 22.8 Å². The molecule has 0 aliphatic carbocycles. The molecule has 47 heavy (non-hydrogen) atoms. The third kappa shape index (κ3) is 7.69. The molecular weight excluding hydrogens is 631 g/mol. The first kappa shape index (κ1) is 32.3. The Morgan fingerprint density at radius 1 is 1.09 bits per heavy atom. The summed E-state index contributed by atoms with van der Waals surface area (Å²) in [5.74, 6) is 6.16. The number of alkyl halides is 3. The molecule has 3 N–H and O–H groups in total. The van der Waals surface area contributed by atoms with Gasteiger partial charge in [0.25, 0.3) is 5.91 Å². The van der Waals surface area contributed by atoms with Crippen LogP contribution in [-0.2, 0) is 11.0 Å². The molecule has 2 aliphatic heterocycles. The van der Waals surface area contributed by atoms with Gasteiger partial charge in [0.05, 0.1) is 11.8 Å². The third-order valence-corrected chi connectivity index (χ3v) is 8.57. The molecule has 2 aliphatic rings. The average Bonchev–Trinajstić information content (AvgIpc) is 3.44. The minimum absolute atomic E-state index is 0.119. The van der Waals surface area contributed by atoms with Crippen molar-refractivity contribution in [2.45, 2.75) is 57.7 Å². The molecule has 0 unspecified atom stereocenters. The molecule has 6 bridgehead atoms. The first-order valence-electron chi connectivity index (χ1n) is 15.5. The summed E-state index contributed by atoms with van der Waals surface area (Å²) in [4.78, 5) is 33.1. The van der Waals surface area contributed by atoms with Crippen LogP contribution in [0.2, 0.25) is 5.02 Å². The van der Waals surface area contributed by atoms with Gasteiger partial charge in [0.15, 0.2) is 5.65 Å². The molecule has 2 aromatic heterocycles. The summed E-state index contributed by atoms with van der Waals surface area (Å²) >= 11 is 5.94. The molecule has 13 heteroatoms. The Kier molecular flexibility index (Phi) is 9.38. The zero-order valence-corrected chi connectivity index (χ0v) is 26.4. The predicted octanol–water partition coefficient (Wildman–Crippen LogP) is 6.43. The summed E-state index contributed by atoms with van der Waals surface area (Å²) in [5, 5.41) is 13.7. The van der Waals surface area contributed by atoms with Gasteiger partial charge in [-0.1, -0.05) is 23.9 Å². The fourth-order valence-electron chi connectivity index (χ4n) is 5.89. The Balaban J connectivity index is 1.38. The van der Waals surface area contributed by atoms with Crippen molar-refractivity contribution in [1.82, 2.24) is 19.9 Å². The summed E-state index contributed by atoms with van der Waals surface area (Å²) in [7, 11) is 0. The number of hydrogen-bond acceptors (Lipinski definition) is 6. The SMILES string of the molecule is Cc1c2cc(cc1C(=O)Nc1cc(Cl)cc(C(F)(F)F)c1)NC(=O)CCCCCN[C@H]1CCCN(C1)c1ccc3ncc(n3n1)C#C2. The van der Waals surface area contributed by atoms with Crippen molar-refractivity contribution >= 4 is 46.3 Å². The highest BCUT2D eigenvalue weighted by molar-refractivity contribution is 6.31. The first-order valence-corrected chi connectivity index (χ1v) is 15.9. The third-order valence-electron chi connectivity index (χ3n) is 8.35. The van der Waals surface area contributed by atoms with E-state index in [4.69, 9.17) is 16.7 Å². The van der Waals surface area contributed by atoms with Gasteiger partial charge in [0.2, 0.25) is 5.91 Å². The second kappa shape index (κ2) is 13.6. The van der Waals surface area contributed by atoms with E-state index in [-0.39, 0.29) is 22.2 Å². The lowest BCUT2D eigenvalue weighted by atomic mass is 10.00. The van der Waals surface area contributed by atoms with Crippen LogP contribution in [0.3, 0.4) is 0 Å². The fourth-order valence-corrected chi connectivity index (χ4v) is 6.13. The van der Waals surface area contributed by atoms with Crippen molar-refractivity contribution in [2.75, 3.05) is 35.2 Å². The topological polar surface area (TPSA) is 104 Å². The van der Waals surface area contributed by atoms with Gasteiger partial charge in [-0.2, -0.15) is 13.2 Å². The maximum Gasteiger partial charge on any atom is 0.416 e. The molecule has 1 atom stereocenters. The molecule has 1 saturated heterocycles. The van der Waals surface area contributed by atoms with E-state index in [1.165, 1.54) is 12.1 Å². The number of hydrogen-bond donors (Lipinski definition) is 3. The van der Waals surface area contributed by atoms with E-state index in [0.717, 1.165) is 63.3 Å². The number of carbonyl (C=O) groups excluding carboxylic acids is 2. The molecule has 0 saturated carbocycles. The minimum atomic E-state index is -4.65. The van der Waals surface area contributed by atoms with Gasteiger partial charge in [-0.15, -0.1) is 5.10 Å². The molecule has 4 aromatic rings. The summed E-state index contributed by atoms with van der Waals surface area (Å²) in [6.45, 7) is 4.27. The largest absolute Gasteiger partial charge is 0.416 e. The predicted molar refractivity (Wildman–Crippen MR) is 175 cm³/mol. The molecule has 9 nitrogen and oxygen atoms in total. The van der Waals surface area contributed by atoms with Crippen LogP contribution in [0.1, 0.15) is 71.3 Å². The Morgan fingerprint density at radius 3 is 2.77 bits per heavy atom. The Labute approximate surface area is 274 Å². The summed E-state index contributed by atoms with van der Waals surface area (Å²) in [5.41, 5.74) is 1.44. The monoisotopic (exact) mass is 663 g/mol. The fraction of sp³-hybridized carbons (Fsp3) is 0.353. The van der Waals surface area contributed by atoms with E-state index in [0.29, 0.717) is 47.0 Å². The van der Waals surface area contributed by atoms with Crippen molar-refractivity contribution < 1.29 is 22.8 Å². The maximum absolute atomic E-state index is 13.5. The molecule has 0 spiro atoms. The Morgan fingerprint density at radius 2 is 1.94 bits per heavy atom. The molecule has 2 amide bonds. The number of carbonyl (C=O) groups is 2. The second-order valence-electron chi connectivity index (χ2n) is 11.8. The summed E-state index contributed by atoms with van der Waals surface area (Å²) in [6.07, 6.45) is 1.90. The zero-order valence-electron chi connectivity index (χ0n) is 25.7. The number of imidazole rings is 1. The smallest absolute Gasteiger partial charge is 0.354 e. The van der Waals surface area contributed by atoms with E-state index in [1.807, 2.05) is 12.1 Å². The molecular formula is C34H33ClF3N7O2. The highest BCUT2D eigenvalue weighted by atomic mass is 35.5. The highest BCUT2D eigenvalue weighted by Crippen LogP contribution is 2.34.